The molecule has 1 saturated heterocycles. The number of carbonyl (C=O) groups is 2. The Morgan fingerprint density at radius 1 is 1.56 bits per heavy atom. The lowest BCUT2D eigenvalue weighted by molar-refractivity contribution is -0.106. The molecule has 138 valence electrons. The summed E-state index contributed by atoms with van der Waals surface area (Å²) in [6.45, 7) is 3.01. The van der Waals surface area contributed by atoms with Crippen LogP contribution in [0.4, 0.5) is 20.6 Å². The fourth-order valence-electron chi connectivity index (χ4n) is 2.36. The molecule has 0 spiro atoms. The van der Waals surface area contributed by atoms with Gasteiger partial charge in [0, 0.05) is 19.6 Å². The standard InChI is InChI=1S/C14H20FN5O2.C2H4O/c1-18-7-11-8-20(14(21)22-11)10-2-3-13(12(15)6-10)19(9-17)5-4-16;1-2-3/h2-3,6,9,11,17-18H,4-5,7-8,16H2,1H3;2H,1H3. The summed E-state index contributed by atoms with van der Waals surface area (Å²) in [5.74, 6) is -0.515. The number of carbonyl (C=O) groups excluding carboxylic acids is 2. The third-order valence-corrected chi connectivity index (χ3v) is 3.38. The van der Waals surface area contributed by atoms with Crippen LogP contribution in [0.5, 0.6) is 0 Å². The Bertz CT molecular complexity index is 599. The van der Waals surface area contributed by atoms with Crippen LogP contribution in [0.15, 0.2) is 18.2 Å². The number of hydrogen-bond donors (Lipinski definition) is 3. The van der Waals surface area contributed by atoms with Crippen molar-refractivity contribution >= 4 is 30.1 Å². The van der Waals surface area contributed by atoms with Crippen molar-refractivity contribution in [2.24, 2.45) is 5.73 Å². The number of halogens is 1. The molecule has 1 amide bonds. The van der Waals surface area contributed by atoms with Gasteiger partial charge in [-0.15, -0.1) is 0 Å². The lowest BCUT2D eigenvalue weighted by Crippen LogP contribution is -2.30. The maximum atomic E-state index is 14.3. The first-order valence-corrected chi connectivity index (χ1v) is 7.81. The van der Waals surface area contributed by atoms with E-state index in [0.717, 1.165) is 12.6 Å². The molecule has 0 radical (unpaired) electrons. The Kier molecular flexibility index (Phi) is 8.51. The van der Waals surface area contributed by atoms with E-state index in [9.17, 15) is 9.18 Å². The fourth-order valence-corrected chi connectivity index (χ4v) is 2.36. The van der Waals surface area contributed by atoms with Crippen molar-refractivity contribution in [2.45, 2.75) is 13.0 Å². The second-order valence-electron chi connectivity index (χ2n) is 5.16. The summed E-state index contributed by atoms with van der Waals surface area (Å²) in [6, 6.07) is 4.43. The van der Waals surface area contributed by atoms with Crippen LogP contribution in [0.3, 0.4) is 0 Å². The highest BCUT2D eigenvalue weighted by atomic mass is 19.1. The second kappa shape index (κ2) is 10.4. The summed E-state index contributed by atoms with van der Waals surface area (Å²) in [5, 5.41) is 10.2. The van der Waals surface area contributed by atoms with Crippen LogP contribution in [0.2, 0.25) is 0 Å². The van der Waals surface area contributed by atoms with E-state index in [1.165, 1.54) is 28.9 Å². The van der Waals surface area contributed by atoms with Crippen molar-refractivity contribution < 1.29 is 18.7 Å². The van der Waals surface area contributed by atoms with Gasteiger partial charge in [0.05, 0.1) is 24.3 Å². The number of anilines is 2. The monoisotopic (exact) mass is 353 g/mol. The third-order valence-electron chi connectivity index (χ3n) is 3.38. The molecule has 9 heteroatoms. The fraction of sp³-hybridized carbons (Fsp3) is 0.438. The van der Waals surface area contributed by atoms with Gasteiger partial charge in [-0.3, -0.25) is 10.3 Å². The smallest absolute Gasteiger partial charge is 0.414 e. The number of amides is 1. The number of cyclic esters (lactones) is 1. The molecule has 25 heavy (non-hydrogen) atoms. The Balaban J connectivity index is 0.000000970. The van der Waals surface area contributed by atoms with E-state index in [-0.39, 0.29) is 11.8 Å². The SMILES string of the molecule is CC=O.CNCC1CN(c2ccc(N(C=N)CCN)c(F)c2)C(=O)O1. The maximum Gasteiger partial charge on any atom is 0.414 e. The van der Waals surface area contributed by atoms with Crippen LogP contribution >= 0.6 is 0 Å². The molecule has 1 heterocycles. The summed E-state index contributed by atoms with van der Waals surface area (Å²) >= 11 is 0. The molecule has 0 bridgehead atoms. The van der Waals surface area contributed by atoms with Crippen LogP contribution in [-0.2, 0) is 9.53 Å². The predicted octanol–water partition coefficient (Wildman–Crippen LogP) is 0.948. The molecule has 1 fully saturated rings. The van der Waals surface area contributed by atoms with E-state index >= 15 is 0 Å². The average Bonchev–Trinajstić information content (AvgIpc) is 2.94. The maximum absolute atomic E-state index is 14.3. The average molecular weight is 353 g/mol. The van der Waals surface area contributed by atoms with E-state index < -0.39 is 11.9 Å². The molecule has 8 nitrogen and oxygen atoms in total. The largest absolute Gasteiger partial charge is 0.443 e. The van der Waals surface area contributed by atoms with Gasteiger partial charge in [-0.25, -0.2) is 9.18 Å². The molecule has 1 aliphatic rings. The molecule has 0 aliphatic carbocycles. The van der Waals surface area contributed by atoms with Crippen LogP contribution in [0, 0.1) is 11.2 Å². The van der Waals surface area contributed by atoms with Crippen molar-refractivity contribution in [3.8, 4) is 0 Å². The minimum atomic E-state index is -0.515. The van der Waals surface area contributed by atoms with Crippen LogP contribution < -0.4 is 20.9 Å². The number of hydrogen-bond acceptors (Lipinski definition) is 6. The van der Waals surface area contributed by atoms with Crippen LogP contribution in [-0.4, -0.2) is 58.0 Å². The quantitative estimate of drug-likeness (QED) is 0.382. The van der Waals surface area contributed by atoms with Crippen molar-refractivity contribution in [3.63, 3.8) is 0 Å². The minimum absolute atomic E-state index is 0.253. The highest BCUT2D eigenvalue weighted by Crippen LogP contribution is 2.27. The van der Waals surface area contributed by atoms with Crippen LogP contribution in [0.1, 0.15) is 6.92 Å². The van der Waals surface area contributed by atoms with Crippen molar-refractivity contribution in [1.82, 2.24) is 5.32 Å². The van der Waals surface area contributed by atoms with E-state index in [4.69, 9.17) is 20.7 Å². The first kappa shape index (κ1) is 20.5. The highest BCUT2D eigenvalue weighted by molar-refractivity contribution is 5.90. The molecule has 1 unspecified atom stereocenters. The lowest BCUT2D eigenvalue weighted by Gasteiger charge is -2.20. The minimum Gasteiger partial charge on any atom is -0.443 e. The number of nitrogens with two attached hydrogens (primary N) is 1. The molecular weight excluding hydrogens is 329 g/mol. The molecule has 1 aromatic carbocycles. The topological polar surface area (TPSA) is 112 Å². The van der Waals surface area contributed by atoms with Crippen molar-refractivity contribution in [1.29, 1.82) is 5.41 Å². The molecule has 4 N–H and O–H groups in total. The Morgan fingerprint density at radius 2 is 2.24 bits per heavy atom. The highest BCUT2D eigenvalue weighted by Gasteiger charge is 2.32. The van der Waals surface area contributed by atoms with Gasteiger partial charge in [0.25, 0.3) is 0 Å². The Hall–Kier alpha value is -2.52. The number of rotatable bonds is 7. The second-order valence-corrected chi connectivity index (χ2v) is 5.16. The van der Waals surface area contributed by atoms with Gasteiger partial charge in [-0.05, 0) is 32.2 Å². The molecule has 0 aromatic heterocycles. The molecule has 1 aromatic rings. The number of nitrogens with zero attached hydrogens (tertiary/aromatic N) is 2. The third kappa shape index (κ3) is 5.50. The predicted molar refractivity (Wildman–Crippen MR) is 94.9 cm³/mol. The Morgan fingerprint density at radius 3 is 2.76 bits per heavy atom. The van der Waals surface area contributed by atoms with Gasteiger partial charge < -0.3 is 25.5 Å². The van der Waals surface area contributed by atoms with Gasteiger partial charge in [-0.1, -0.05) is 0 Å². The molecule has 0 saturated carbocycles. The lowest BCUT2D eigenvalue weighted by atomic mass is 10.2. The first-order chi connectivity index (χ1) is 12.0. The summed E-state index contributed by atoms with van der Waals surface area (Å²) in [4.78, 5) is 23.4. The molecule has 1 atom stereocenters. The van der Waals surface area contributed by atoms with Crippen molar-refractivity contribution in [3.05, 3.63) is 24.0 Å². The summed E-state index contributed by atoms with van der Waals surface area (Å²) in [7, 11) is 1.77. The van der Waals surface area contributed by atoms with Crippen LogP contribution in [0.25, 0.3) is 0 Å². The molecule has 1 aliphatic heterocycles. The van der Waals surface area contributed by atoms with Gasteiger partial charge >= 0.3 is 6.09 Å². The van der Waals surface area contributed by atoms with E-state index in [1.807, 2.05) is 0 Å². The number of nitrogens with one attached hydrogen (secondary N) is 2. The summed E-state index contributed by atoms with van der Waals surface area (Å²) < 4.78 is 19.4. The van der Waals surface area contributed by atoms with Gasteiger partial charge in [-0.2, -0.15) is 0 Å². The first-order valence-electron chi connectivity index (χ1n) is 7.81. The van der Waals surface area contributed by atoms with Gasteiger partial charge in [0.2, 0.25) is 0 Å². The van der Waals surface area contributed by atoms with Gasteiger partial charge in [0.1, 0.15) is 18.2 Å². The van der Waals surface area contributed by atoms with E-state index in [1.54, 1.807) is 13.1 Å². The zero-order valence-corrected chi connectivity index (χ0v) is 14.4. The zero-order chi connectivity index (χ0) is 18.8. The Labute approximate surface area is 146 Å². The summed E-state index contributed by atoms with van der Waals surface area (Å²) in [5.41, 5.74) is 6.13. The molecule has 2 rings (SSSR count). The number of benzene rings is 1. The number of ether oxygens (including phenoxy) is 1. The van der Waals surface area contributed by atoms with Crippen molar-refractivity contribution in [2.75, 3.05) is 43.0 Å². The van der Waals surface area contributed by atoms with E-state index in [0.29, 0.717) is 31.9 Å². The number of aldehydes is 1. The summed E-state index contributed by atoms with van der Waals surface area (Å²) in [6.07, 6.45) is 1.03. The zero-order valence-electron chi connectivity index (χ0n) is 14.4. The normalized spacial score (nSPS) is 15.9. The number of likely N-dealkylation sites (N-methyl/N-ethyl adjacent to an activating group) is 1. The van der Waals surface area contributed by atoms with Gasteiger partial charge in [0.15, 0.2) is 0 Å². The van der Waals surface area contributed by atoms with E-state index in [2.05, 4.69) is 5.32 Å². The molecular formula is C16H24FN5O3.